The highest BCUT2D eigenvalue weighted by Gasteiger charge is 2.31. The summed E-state index contributed by atoms with van der Waals surface area (Å²) in [5, 5.41) is 0. The first kappa shape index (κ1) is 18.8. The molecule has 0 aliphatic carbocycles. The molecule has 28 heavy (non-hydrogen) atoms. The first-order valence-corrected chi connectivity index (χ1v) is 10.1. The van der Waals surface area contributed by atoms with Gasteiger partial charge in [0.15, 0.2) is 0 Å². The standard InChI is InChI=1S/C23H28N2O3/c1-27-22-8-7-19-16-21(15-18-5-3-2-4-6-18)25(10-9-20(19)17-22)23(26)24-11-13-28-14-12-24/h2-8,17,21H,9-16H2,1H3. The van der Waals surface area contributed by atoms with Crippen molar-refractivity contribution in [2.24, 2.45) is 0 Å². The van der Waals surface area contributed by atoms with Crippen LogP contribution in [0.5, 0.6) is 5.75 Å². The van der Waals surface area contributed by atoms with Crippen molar-refractivity contribution in [1.29, 1.82) is 0 Å². The van der Waals surface area contributed by atoms with Gasteiger partial charge in [-0.25, -0.2) is 4.79 Å². The molecule has 2 aliphatic rings. The third-order valence-electron chi connectivity index (χ3n) is 5.77. The van der Waals surface area contributed by atoms with Gasteiger partial charge in [0.2, 0.25) is 0 Å². The van der Waals surface area contributed by atoms with Gasteiger partial charge in [0, 0.05) is 25.7 Å². The Morgan fingerprint density at radius 2 is 1.86 bits per heavy atom. The fourth-order valence-corrected chi connectivity index (χ4v) is 4.21. The van der Waals surface area contributed by atoms with Crippen molar-refractivity contribution in [3.8, 4) is 5.75 Å². The number of rotatable bonds is 3. The van der Waals surface area contributed by atoms with E-state index in [0.717, 1.165) is 31.6 Å². The van der Waals surface area contributed by atoms with E-state index in [4.69, 9.17) is 9.47 Å². The third-order valence-corrected chi connectivity index (χ3v) is 5.77. The van der Waals surface area contributed by atoms with Crippen LogP contribution in [-0.2, 0) is 24.0 Å². The molecule has 2 heterocycles. The van der Waals surface area contributed by atoms with Gasteiger partial charge in [0.25, 0.3) is 0 Å². The monoisotopic (exact) mass is 380 g/mol. The average Bonchev–Trinajstić information content (AvgIpc) is 2.93. The number of nitrogens with zero attached hydrogens (tertiary/aromatic N) is 2. The lowest BCUT2D eigenvalue weighted by molar-refractivity contribution is 0.0395. The van der Waals surface area contributed by atoms with Gasteiger partial charge in [-0.3, -0.25) is 0 Å². The highest BCUT2D eigenvalue weighted by Crippen LogP contribution is 2.26. The second kappa shape index (κ2) is 8.65. The number of amides is 2. The van der Waals surface area contributed by atoms with Crippen LogP contribution in [0.2, 0.25) is 0 Å². The topological polar surface area (TPSA) is 42.0 Å². The SMILES string of the molecule is COc1ccc2c(c1)CCN(C(=O)N1CCOCC1)C(Cc1ccccc1)C2. The Hall–Kier alpha value is -2.53. The van der Waals surface area contributed by atoms with Gasteiger partial charge in [-0.05, 0) is 48.1 Å². The van der Waals surface area contributed by atoms with Crippen LogP contribution in [0.25, 0.3) is 0 Å². The lowest BCUT2D eigenvalue weighted by Crippen LogP contribution is -2.52. The number of urea groups is 1. The minimum atomic E-state index is 0.143. The van der Waals surface area contributed by atoms with Crippen molar-refractivity contribution in [1.82, 2.24) is 9.80 Å². The number of methoxy groups -OCH3 is 1. The average molecular weight is 380 g/mol. The molecule has 4 rings (SSSR count). The van der Waals surface area contributed by atoms with Crippen LogP contribution in [-0.4, -0.2) is 61.8 Å². The number of fused-ring (bicyclic) bond motifs is 1. The molecule has 2 amide bonds. The molecule has 0 N–H and O–H groups in total. The molecule has 1 fully saturated rings. The lowest BCUT2D eigenvalue weighted by Gasteiger charge is -2.36. The number of carbonyl (C=O) groups excluding carboxylic acids is 1. The molecule has 1 saturated heterocycles. The quantitative estimate of drug-likeness (QED) is 0.821. The fourth-order valence-electron chi connectivity index (χ4n) is 4.21. The van der Waals surface area contributed by atoms with Gasteiger partial charge in [-0.15, -0.1) is 0 Å². The lowest BCUT2D eigenvalue weighted by atomic mass is 9.96. The molecule has 1 atom stereocenters. The Labute approximate surface area is 166 Å². The van der Waals surface area contributed by atoms with Crippen LogP contribution < -0.4 is 4.74 Å². The van der Waals surface area contributed by atoms with Crippen molar-refractivity contribution in [2.75, 3.05) is 40.0 Å². The Morgan fingerprint density at radius 3 is 2.61 bits per heavy atom. The van der Waals surface area contributed by atoms with Crippen molar-refractivity contribution in [3.63, 3.8) is 0 Å². The summed E-state index contributed by atoms with van der Waals surface area (Å²) in [5.41, 5.74) is 3.87. The van der Waals surface area contributed by atoms with E-state index in [-0.39, 0.29) is 12.1 Å². The number of carbonyl (C=O) groups is 1. The van der Waals surface area contributed by atoms with E-state index in [2.05, 4.69) is 41.3 Å². The summed E-state index contributed by atoms with van der Waals surface area (Å²) >= 11 is 0. The van der Waals surface area contributed by atoms with E-state index >= 15 is 0 Å². The van der Waals surface area contributed by atoms with Gasteiger partial charge in [0.1, 0.15) is 5.75 Å². The molecule has 148 valence electrons. The number of hydrogen-bond donors (Lipinski definition) is 0. The highest BCUT2D eigenvalue weighted by molar-refractivity contribution is 5.75. The molecule has 0 aromatic heterocycles. The van der Waals surface area contributed by atoms with Gasteiger partial charge in [-0.2, -0.15) is 0 Å². The molecule has 1 unspecified atom stereocenters. The minimum absolute atomic E-state index is 0.143. The number of benzene rings is 2. The number of morpholine rings is 1. The smallest absolute Gasteiger partial charge is 0.320 e. The first-order valence-electron chi connectivity index (χ1n) is 10.1. The summed E-state index contributed by atoms with van der Waals surface area (Å²) in [6, 6.07) is 17.1. The Morgan fingerprint density at radius 1 is 1.07 bits per heavy atom. The molecule has 0 spiro atoms. The number of hydrogen-bond acceptors (Lipinski definition) is 3. The fraction of sp³-hybridized carbons (Fsp3) is 0.435. The van der Waals surface area contributed by atoms with Crippen LogP contribution in [0.15, 0.2) is 48.5 Å². The van der Waals surface area contributed by atoms with E-state index in [1.165, 1.54) is 16.7 Å². The Kier molecular flexibility index (Phi) is 5.81. The Bertz CT molecular complexity index is 803. The van der Waals surface area contributed by atoms with Gasteiger partial charge < -0.3 is 19.3 Å². The van der Waals surface area contributed by atoms with E-state index in [1.807, 2.05) is 17.0 Å². The molecular formula is C23H28N2O3. The molecule has 2 aromatic rings. The van der Waals surface area contributed by atoms with Crippen molar-refractivity contribution in [3.05, 3.63) is 65.2 Å². The van der Waals surface area contributed by atoms with Gasteiger partial charge in [0.05, 0.1) is 20.3 Å². The van der Waals surface area contributed by atoms with E-state index in [0.29, 0.717) is 26.3 Å². The minimum Gasteiger partial charge on any atom is -0.497 e. The van der Waals surface area contributed by atoms with Crippen molar-refractivity contribution >= 4 is 6.03 Å². The molecular weight excluding hydrogens is 352 g/mol. The van der Waals surface area contributed by atoms with Crippen LogP contribution in [0.3, 0.4) is 0 Å². The summed E-state index contributed by atoms with van der Waals surface area (Å²) in [4.78, 5) is 17.4. The predicted octanol–water partition coefficient (Wildman–Crippen LogP) is 3.16. The summed E-state index contributed by atoms with van der Waals surface area (Å²) < 4.78 is 10.8. The molecule has 0 radical (unpaired) electrons. The molecule has 5 nitrogen and oxygen atoms in total. The van der Waals surface area contributed by atoms with E-state index in [9.17, 15) is 4.79 Å². The van der Waals surface area contributed by atoms with Crippen molar-refractivity contribution in [2.45, 2.75) is 25.3 Å². The maximum absolute atomic E-state index is 13.4. The normalized spacial score (nSPS) is 19.7. The highest BCUT2D eigenvalue weighted by atomic mass is 16.5. The van der Waals surface area contributed by atoms with Crippen LogP contribution in [0.4, 0.5) is 4.79 Å². The third kappa shape index (κ3) is 4.14. The summed E-state index contributed by atoms with van der Waals surface area (Å²) in [7, 11) is 1.70. The van der Waals surface area contributed by atoms with E-state index < -0.39 is 0 Å². The zero-order valence-corrected chi connectivity index (χ0v) is 16.5. The number of ether oxygens (including phenoxy) is 2. The molecule has 0 bridgehead atoms. The first-order chi connectivity index (χ1) is 13.7. The van der Waals surface area contributed by atoms with Gasteiger partial charge in [-0.1, -0.05) is 36.4 Å². The van der Waals surface area contributed by atoms with E-state index in [1.54, 1.807) is 7.11 Å². The van der Waals surface area contributed by atoms with Crippen molar-refractivity contribution < 1.29 is 14.3 Å². The second-order valence-electron chi connectivity index (χ2n) is 7.51. The van der Waals surface area contributed by atoms with Crippen LogP contribution >= 0.6 is 0 Å². The van der Waals surface area contributed by atoms with Crippen LogP contribution in [0.1, 0.15) is 16.7 Å². The maximum atomic E-state index is 13.4. The predicted molar refractivity (Wildman–Crippen MR) is 109 cm³/mol. The largest absolute Gasteiger partial charge is 0.497 e. The Balaban J connectivity index is 1.61. The summed E-state index contributed by atoms with van der Waals surface area (Å²) in [5.74, 6) is 0.881. The molecule has 0 saturated carbocycles. The summed E-state index contributed by atoms with van der Waals surface area (Å²) in [6.45, 7) is 3.33. The molecule has 2 aliphatic heterocycles. The zero-order valence-electron chi connectivity index (χ0n) is 16.5. The van der Waals surface area contributed by atoms with Gasteiger partial charge >= 0.3 is 6.03 Å². The second-order valence-corrected chi connectivity index (χ2v) is 7.51. The molecule has 5 heteroatoms. The molecule has 2 aromatic carbocycles. The summed E-state index contributed by atoms with van der Waals surface area (Å²) in [6.07, 6.45) is 2.58. The van der Waals surface area contributed by atoms with Crippen LogP contribution in [0, 0.1) is 0 Å². The maximum Gasteiger partial charge on any atom is 0.320 e. The zero-order chi connectivity index (χ0) is 19.3.